The molecule has 3 rings (SSSR count). The molecule has 0 spiro atoms. The molecule has 0 radical (unpaired) electrons. The number of hydrogen-bond donors (Lipinski definition) is 1. The van der Waals surface area contributed by atoms with E-state index in [1.807, 2.05) is 32.1 Å². The molecule has 7 nitrogen and oxygen atoms in total. The SMILES string of the molecule is C=CCOc1c(I)cc(/C=C2\SC(=Nc3ccc(C(=O)O)cc3)N(CC)C2=O)cc1OCC. The largest absolute Gasteiger partial charge is 0.490 e. The maximum absolute atomic E-state index is 13.0. The van der Waals surface area contributed by atoms with Gasteiger partial charge >= 0.3 is 5.97 Å². The highest BCUT2D eigenvalue weighted by Crippen LogP contribution is 2.38. The van der Waals surface area contributed by atoms with Gasteiger partial charge in [-0.15, -0.1) is 0 Å². The summed E-state index contributed by atoms with van der Waals surface area (Å²) < 4.78 is 12.4. The molecule has 1 aliphatic heterocycles. The van der Waals surface area contributed by atoms with Crippen LogP contribution < -0.4 is 9.47 Å². The molecule has 2 aromatic rings. The average Bonchev–Trinajstić information content (AvgIpc) is 3.07. The van der Waals surface area contributed by atoms with E-state index in [9.17, 15) is 9.59 Å². The van der Waals surface area contributed by atoms with Crippen LogP contribution in [0.1, 0.15) is 29.8 Å². The maximum atomic E-state index is 13.0. The number of ether oxygens (including phenoxy) is 2. The van der Waals surface area contributed by atoms with Gasteiger partial charge < -0.3 is 14.6 Å². The Labute approximate surface area is 210 Å². The Hall–Kier alpha value is -2.79. The van der Waals surface area contributed by atoms with Crippen LogP contribution >= 0.6 is 34.4 Å². The number of carboxylic acids is 1. The van der Waals surface area contributed by atoms with Crippen molar-refractivity contribution >= 4 is 63.2 Å². The van der Waals surface area contributed by atoms with Crippen molar-refractivity contribution in [1.29, 1.82) is 0 Å². The van der Waals surface area contributed by atoms with E-state index in [4.69, 9.17) is 14.6 Å². The summed E-state index contributed by atoms with van der Waals surface area (Å²) >= 11 is 3.46. The Bertz CT molecular complexity index is 1130. The Kier molecular flexibility index (Phi) is 8.56. The van der Waals surface area contributed by atoms with Crippen LogP contribution in [0, 0.1) is 3.57 Å². The van der Waals surface area contributed by atoms with Crippen molar-refractivity contribution in [3.63, 3.8) is 0 Å². The Morgan fingerprint density at radius 2 is 1.97 bits per heavy atom. The molecule has 2 aromatic carbocycles. The van der Waals surface area contributed by atoms with Crippen molar-refractivity contribution in [3.8, 4) is 11.5 Å². The van der Waals surface area contributed by atoms with E-state index in [1.54, 1.807) is 23.1 Å². The van der Waals surface area contributed by atoms with Crippen LogP contribution in [-0.4, -0.2) is 46.8 Å². The van der Waals surface area contributed by atoms with Crippen molar-refractivity contribution in [2.45, 2.75) is 13.8 Å². The number of carbonyl (C=O) groups is 2. The number of aliphatic imine (C=N–C) groups is 1. The number of benzene rings is 2. The average molecular weight is 578 g/mol. The number of aromatic carboxylic acids is 1. The molecule has 1 heterocycles. The zero-order valence-electron chi connectivity index (χ0n) is 18.2. The van der Waals surface area contributed by atoms with Crippen LogP contribution in [0.15, 0.2) is 59.0 Å². The van der Waals surface area contributed by atoms with Crippen LogP contribution in [0.25, 0.3) is 6.08 Å². The van der Waals surface area contributed by atoms with Crippen molar-refractivity contribution in [3.05, 3.63) is 68.7 Å². The molecule has 0 aliphatic carbocycles. The van der Waals surface area contributed by atoms with Crippen molar-refractivity contribution < 1.29 is 24.2 Å². The monoisotopic (exact) mass is 578 g/mol. The second-order valence-corrected chi connectivity index (χ2v) is 8.94. The molecule has 33 heavy (non-hydrogen) atoms. The van der Waals surface area contributed by atoms with Gasteiger partial charge in [0.15, 0.2) is 16.7 Å². The summed E-state index contributed by atoms with van der Waals surface area (Å²) in [6, 6.07) is 10.00. The van der Waals surface area contributed by atoms with Crippen LogP contribution in [0.3, 0.4) is 0 Å². The van der Waals surface area contributed by atoms with Gasteiger partial charge in [-0.1, -0.05) is 12.7 Å². The first-order chi connectivity index (χ1) is 15.9. The van der Waals surface area contributed by atoms with E-state index < -0.39 is 5.97 Å². The summed E-state index contributed by atoms with van der Waals surface area (Å²) in [7, 11) is 0. The van der Waals surface area contributed by atoms with Crippen molar-refractivity contribution in [1.82, 2.24) is 4.90 Å². The second kappa shape index (κ2) is 11.4. The molecule has 1 aliphatic rings. The molecule has 0 saturated carbocycles. The Morgan fingerprint density at radius 1 is 1.24 bits per heavy atom. The number of halogens is 1. The van der Waals surface area contributed by atoms with Gasteiger partial charge in [0.05, 0.1) is 26.3 Å². The van der Waals surface area contributed by atoms with Crippen molar-refractivity contribution in [2.75, 3.05) is 19.8 Å². The van der Waals surface area contributed by atoms with Crippen molar-refractivity contribution in [2.24, 2.45) is 4.99 Å². The van der Waals surface area contributed by atoms with E-state index in [0.29, 0.717) is 47.0 Å². The maximum Gasteiger partial charge on any atom is 0.335 e. The molecular formula is C24H23IN2O5S. The van der Waals surface area contributed by atoms with Crippen LogP contribution in [0.5, 0.6) is 11.5 Å². The van der Waals surface area contributed by atoms with E-state index >= 15 is 0 Å². The molecule has 172 valence electrons. The standard InChI is InChI=1S/C24H23IN2O5S/c1-4-11-32-21-18(25)12-15(13-19(21)31-6-3)14-20-22(28)27(5-2)24(33-20)26-17-9-7-16(8-10-17)23(29)30/h4,7-10,12-14H,1,5-6,11H2,2-3H3,(H,29,30)/b20-14-,26-24?. The highest BCUT2D eigenvalue weighted by molar-refractivity contribution is 14.1. The predicted molar refractivity (Wildman–Crippen MR) is 139 cm³/mol. The summed E-state index contributed by atoms with van der Waals surface area (Å²) in [6.45, 7) is 8.77. The number of nitrogens with zero attached hydrogens (tertiary/aromatic N) is 2. The first kappa shape index (κ1) is 24.8. The quantitative estimate of drug-likeness (QED) is 0.238. The number of hydrogen-bond acceptors (Lipinski definition) is 6. The molecular weight excluding hydrogens is 555 g/mol. The summed E-state index contributed by atoms with van der Waals surface area (Å²) in [5.41, 5.74) is 1.57. The molecule has 0 atom stereocenters. The molecule has 1 amide bonds. The minimum Gasteiger partial charge on any atom is -0.490 e. The first-order valence-corrected chi connectivity index (χ1v) is 12.1. The third-order valence-electron chi connectivity index (χ3n) is 4.52. The van der Waals surface area contributed by atoms with Gasteiger partial charge in [0.1, 0.15) is 6.61 Å². The van der Waals surface area contributed by atoms with Gasteiger partial charge in [0, 0.05) is 6.54 Å². The number of amides is 1. The zero-order valence-corrected chi connectivity index (χ0v) is 21.2. The lowest BCUT2D eigenvalue weighted by Gasteiger charge is -2.14. The molecule has 9 heteroatoms. The molecule has 0 aromatic heterocycles. The highest BCUT2D eigenvalue weighted by Gasteiger charge is 2.32. The van der Waals surface area contributed by atoms with E-state index in [0.717, 1.165) is 9.13 Å². The molecule has 1 saturated heterocycles. The summed E-state index contributed by atoms with van der Waals surface area (Å²) in [5.74, 6) is 0.116. The lowest BCUT2D eigenvalue weighted by molar-refractivity contribution is -0.122. The summed E-state index contributed by atoms with van der Waals surface area (Å²) in [5, 5.41) is 9.60. The predicted octanol–water partition coefficient (Wildman–Crippen LogP) is 5.58. The third-order valence-corrected chi connectivity index (χ3v) is 6.33. The third kappa shape index (κ3) is 5.97. The Balaban J connectivity index is 1.93. The van der Waals surface area contributed by atoms with Gasteiger partial charge in [-0.25, -0.2) is 9.79 Å². The van der Waals surface area contributed by atoms with Gasteiger partial charge in [-0.3, -0.25) is 9.69 Å². The lowest BCUT2D eigenvalue weighted by atomic mass is 10.2. The lowest BCUT2D eigenvalue weighted by Crippen LogP contribution is -2.28. The van der Waals surface area contributed by atoms with E-state index in [1.165, 1.54) is 23.9 Å². The number of carboxylic acid groups (broad SMARTS) is 1. The van der Waals surface area contributed by atoms with Gasteiger partial charge in [0.25, 0.3) is 5.91 Å². The fourth-order valence-corrected chi connectivity index (χ4v) is 4.87. The van der Waals surface area contributed by atoms with Gasteiger partial charge in [-0.05, 0) is 96.2 Å². The summed E-state index contributed by atoms with van der Waals surface area (Å²) in [4.78, 5) is 30.7. The molecule has 1 N–H and O–H groups in total. The Morgan fingerprint density at radius 3 is 2.58 bits per heavy atom. The zero-order chi connectivity index (χ0) is 24.0. The fourth-order valence-electron chi connectivity index (χ4n) is 3.03. The number of amidine groups is 1. The summed E-state index contributed by atoms with van der Waals surface area (Å²) in [6.07, 6.45) is 3.48. The van der Waals surface area contributed by atoms with E-state index in [2.05, 4.69) is 34.2 Å². The van der Waals surface area contributed by atoms with Gasteiger partial charge in [-0.2, -0.15) is 0 Å². The van der Waals surface area contributed by atoms with Crippen LogP contribution in [-0.2, 0) is 4.79 Å². The van der Waals surface area contributed by atoms with E-state index in [-0.39, 0.29) is 11.5 Å². The minimum absolute atomic E-state index is 0.136. The number of rotatable bonds is 9. The molecule has 1 fully saturated rings. The highest BCUT2D eigenvalue weighted by atomic mass is 127. The van der Waals surface area contributed by atoms with Crippen LogP contribution in [0.2, 0.25) is 0 Å². The molecule has 0 unspecified atom stereocenters. The number of carbonyl (C=O) groups excluding carboxylic acids is 1. The van der Waals surface area contributed by atoms with Crippen LogP contribution in [0.4, 0.5) is 5.69 Å². The normalized spacial score (nSPS) is 15.8. The minimum atomic E-state index is -0.998. The first-order valence-electron chi connectivity index (χ1n) is 10.2. The second-order valence-electron chi connectivity index (χ2n) is 6.77. The fraction of sp³-hybridized carbons (Fsp3) is 0.208. The number of thioether (sulfide) groups is 1. The molecule has 0 bridgehead atoms. The smallest absolute Gasteiger partial charge is 0.335 e. The topological polar surface area (TPSA) is 88.4 Å². The van der Waals surface area contributed by atoms with Gasteiger partial charge in [0.2, 0.25) is 0 Å². The number of likely N-dealkylation sites (N-methyl/N-ethyl adjacent to an activating group) is 1.